The maximum Gasteiger partial charge on any atom is 0.326 e. The second-order valence-corrected chi connectivity index (χ2v) is 5.41. The highest BCUT2D eigenvalue weighted by atomic mass is 16.4. The van der Waals surface area contributed by atoms with Crippen LogP contribution in [0.3, 0.4) is 0 Å². The van der Waals surface area contributed by atoms with Gasteiger partial charge in [0.15, 0.2) is 0 Å². The molecular weight excluding hydrogens is 270 g/mol. The topological polar surface area (TPSA) is 83.5 Å². The van der Waals surface area contributed by atoms with E-state index in [9.17, 15) is 14.4 Å². The summed E-state index contributed by atoms with van der Waals surface area (Å²) in [6.45, 7) is 3.92. The van der Waals surface area contributed by atoms with Crippen molar-refractivity contribution in [2.75, 3.05) is 0 Å². The van der Waals surface area contributed by atoms with E-state index in [0.29, 0.717) is 12.3 Å². The molecule has 0 aliphatic rings. The number of benzene rings is 1. The largest absolute Gasteiger partial charge is 0.480 e. The van der Waals surface area contributed by atoms with Crippen molar-refractivity contribution in [1.29, 1.82) is 0 Å². The maximum atomic E-state index is 11.7. The average molecular weight is 291 g/mol. The molecule has 0 radical (unpaired) electrons. The Balaban J connectivity index is 2.60. The molecule has 1 rings (SSSR count). The van der Waals surface area contributed by atoms with Gasteiger partial charge in [0.05, 0.1) is 0 Å². The molecule has 0 aliphatic heterocycles. The fraction of sp³-hybridized carbons (Fsp3) is 0.438. The van der Waals surface area contributed by atoms with Crippen LogP contribution in [0.5, 0.6) is 0 Å². The van der Waals surface area contributed by atoms with Gasteiger partial charge in [-0.2, -0.15) is 0 Å². The Hall–Kier alpha value is -2.17. The smallest absolute Gasteiger partial charge is 0.326 e. The van der Waals surface area contributed by atoms with Crippen LogP contribution in [0.2, 0.25) is 0 Å². The van der Waals surface area contributed by atoms with Crippen LogP contribution in [0.15, 0.2) is 30.3 Å². The third kappa shape index (κ3) is 6.21. The van der Waals surface area contributed by atoms with E-state index in [1.807, 2.05) is 19.9 Å². The Morgan fingerprint density at radius 1 is 1.14 bits per heavy atom. The van der Waals surface area contributed by atoms with Gasteiger partial charge < -0.3 is 10.4 Å². The third-order valence-electron chi connectivity index (χ3n) is 3.09. The van der Waals surface area contributed by atoms with Crippen molar-refractivity contribution >= 4 is 17.7 Å². The molecule has 0 fully saturated rings. The van der Waals surface area contributed by atoms with E-state index in [2.05, 4.69) is 5.32 Å². The first kappa shape index (κ1) is 16.9. The summed E-state index contributed by atoms with van der Waals surface area (Å²) in [4.78, 5) is 34.6. The minimum absolute atomic E-state index is 0.140. The molecule has 0 spiro atoms. The standard InChI is InChI=1S/C16H21NO4/c1-11(2)8-9-14(18)15(19)17-13(16(20)21)10-12-6-4-3-5-7-12/h3-7,11,13H,8-10H2,1-2H3,(H,17,19)(H,20,21). The minimum atomic E-state index is -1.15. The van der Waals surface area contributed by atoms with E-state index in [1.165, 1.54) is 0 Å². The van der Waals surface area contributed by atoms with E-state index in [0.717, 1.165) is 5.56 Å². The summed E-state index contributed by atoms with van der Waals surface area (Å²) < 4.78 is 0. The molecule has 0 saturated carbocycles. The molecule has 5 nitrogen and oxygen atoms in total. The van der Waals surface area contributed by atoms with Gasteiger partial charge >= 0.3 is 5.97 Å². The van der Waals surface area contributed by atoms with Gasteiger partial charge in [0.1, 0.15) is 6.04 Å². The molecule has 21 heavy (non-hydrogen) atoms. The number of hydrogen-bond acceptors (Lipinski definition) is 3. The number of aliphatic carboxylic acids is 1. The van der Waals surface area contributed by atoms with Gasteiger partial charge in [-0.05, 0) is 17.9 Å². The molecule has 1 aromatic rings. The SMILES string of the molecule is CC(C)CCC(=O)C(=O)NC(Cc1ccccc1)C(=O)O. The van der Waals surface area contributed by atoms with Gasteiger partial charge in [0.25, 0.3) is 5.91 Å². The van der Waals surface area contributed by atoms with Gasteiger partial charge in [0.2, 0.25) is 5.78 Å². The van der Waals surface area contributed by atoms with Gasteiger partial charge in [0, 0.05) is 12.8 Å². The Bertz CT molecular complexity index is 496. The quantitative estimate of drug-likeness (QED) is 0.715. The zero-order valence-corrected chi connectivity index (χ0v) is 12.3. The Morgan fingerprint density at radius 2 is 1.76 bits per heavy atom. The van der Waals surface area contributed by atoms with Crippen LogP contribution in [0.1, 0.15) is 32.3 Å². The first-order chi connectivity index (χ1) is 9.90. The van der Waals surface area contributed by atoms with Crippen LogP contribution in [-0.4, -0.2) is 28.8 Å². The number of carbonyl (C=O) groups excluding carboxylic acids is 2. The summed E-state index contributed by atoms with van der Waals surface area (Å²) in [5.41, 5.74) is 0.792. The summed E-state index contributed by atoms with van der Waals surface area (Å²) in [6, 6.07) is 7.88. The zero-order chi connectivity index (χ0) is 15.8. The van der Waals surface area contributed by atoms with Crippen molar-refractivity contribution in [3.05, 3.63) is 35.9 Å². The van der Waals surface area contributed by atoms with Gasteiger partial charge in [-0.15, -0.1) is 0 Å². The summed E-state index contributed by atoms with van der Waals surface area (Å²) in [5.74, 6) is -2.22. The molecule has 1 amide bonds. The number of rotatable bonds is 8. The molecule has 1 atom stereocenters. The Morgan fingerprint density at radius 3 is 2.29 bits per heavy atom. The number of carboxylic acid groups (broad SMARTS) is 1. The normalized spacial score (nSPS) is 12.0. The van der Waals surface area contributed by atoms with Gasteiger partial charge in [-0.3, -0.25) is 9.59 Å². The predicted octanol–water partition coefficient (Wildman–Crippen LogP) is 1.80. The van der Waals surface area contributed by atoms with E-state index < -0.39 is 23.7 Å². The summed E-state index contributed by atoms with van der Waals surface area (Å²) in [7, 11) is 0. The van der Waals surface area contributed by atoms with Gasteiger partial charge in [-0.25, -0.2) is 4.79 Å². The lowest BCUT2D eigenvalue weighted by molar-refractivity contribution is -0.144. The Labute approximate surface area is 124 Å². The maximum absolute atomic E-state index is 11.7. The number of Topliss-reactive ketones (excluding diaryl/α,β-unsaturated/α-hetero) is 1. The molecule has 114 valence electrons. The van der Waals surface area contributed by atoms with Crippen LogP contribution in [-0.2, 0) is 20.8 Å². The minimum Gasteiger partial charge on any atom is -0.480 e. The first-order valence-electron chi connectivity index (χ1n) is 7.00. The number of carbonyl (C=O) groups is 3. The van der Waals surface area contributed by atoms with E-state index in [1.54, 1.807) is 24.3 Å². The lowest BCUT2D eigenvalue weighted by Crippen LogP contribution is -2.45. The Kier molecular flexibility index (Phi) is 6.59. The summed E-state index contributed by atoms with van der Waals surface area (Å²) in [6.07, 6.45) is 0.906. The van der Waals surface area contributed by atoms with Crippen LogP contribution < -0.4 is 5.32 Å². The molecule has 0 bridgehead atoms. The second kappa shape index (κ2) is 8.19. The fourth-order valence-electron chi connectivity index (χ4n) is 1.82. The molecule has 0 aliphatic carbocycles. The third-order valence-corrected chi connectivity index (χ3v) is 3.09. The zero-order valence-electron chi connectivity index (χ0n) is 12.3. The van der Waals surface area contributed by atoms with E-state index in [-0.39, 0.29) is 12.8 Å². The van der Waals surface area contributed by atoms with Crippen LogP contribution in [0.4, 0.5) is 0 Å². The van der Waals surface area contributed by atoms with Crippen LogP contribution >= 0.6 is 0 Å². The highest BCUT2D eigenvalue weighted by Gasteiger charge is 2.23. The van der Waals surface area contributed by atoms with Crippen molar-refractivity contribution in [2.45, 2.75) is 39.2 Å². The number of nitrogens with one attached hydrogen (secondary N) is 1. The highest BCUT2D eigenvalue weighted by Crippen LogP contribution is 2.06. The van der Waals surface area contributed by atoms with Crippen molar-refractivity contribution in [2.24, 2.45) is 5.92 Å². The number of amides is 1. The molecule has 0 aromatic heterocycles. The van der Waals surface area contributed by atoms with Crippen molar-refractivity contribution in [3.8, 4) is 0 Å². The van der Waals surface area contributed by atoms with Gasteiger partial charge in [-0.1, -0.05) is 44.2 Å². The molecule has 1 unspecified atom stereocenters. The summed E-state index contributed by atoms with van der Waals surface area (Å²) in [5, 5.41) is 11.5. The predicted molar refractivity (Wildman–Crippen MR) is 78.8 cm³/mol. The number of hydrogen-bond donors (Lipinski definition) is 2. The lowest BCUT2D eigenvalue weighted by Gasteiger charge is -2.14. The fourth-order valence-corrected chi connectivity index (χ4v) is 1.82. The molecule has 2 N–H and O–H groups in total. The molecular formula is C16H21NO4. The number of ketones is 1. The average Bonchev–Trinajstić information content (AvgIpc) is 2.44. The molecule has 0 saturated heterocycles. The van der Waals surface area contributed by atoms with Crippen LogP contribution in [0.25, 0.3) is 0 Å². The highest BCUT2D eigenvalue weighted by molar-refractivity contribution is 6.36. The number of carboxylic acids is 1. The van der Waals surface area contributed by atoms with Crippen molar-refractivity contribution < 1.29 is 19.5 Å². The second-order valence-electron chi connectivity index (χ2n) is 5.41. The monoisotopic (exact) mass is 291 g/mol. The van der Waals surface area contributed by atoms with Crippen LogP contribution in [0, 0.1) is 5.92 Å². The molecule has 1 aromatic carbocycles. The van der Waals surface area contributed by atoms with E-state index >= 15 is 0 Å². The molecule has 0 heterocycles. The van der Waals surface area contributed by atoms with Crippen molar-refractivity contribution in [3.63, 3.8) is 0 Å². The lowest BCUT2D eigenvalue weighted by atomic mass is 10.0. The molecule has 5 heteroatoms. The van der Waals surface area contributed by atoms with E-state index in [4.69, 9.17) is 5.11 Å². The van der Waals surface area contributed by atoms with Crippen molar-refractivity contribution in [1.82, 2.24) is 5.32 Å². The summed E-state index contributed by atoms with van der Waals surface area (Å²) >= 11 is 0. The first-order valence-corrected chi connectivity index (χ1v) is 7.00.